The first kappa shape index (κ1) is 21.3. The fourth-order valence-corrected chi connectivity index (χ4v) is 4.17. The van der Waals surface area contributed by atoms with Crippen molar-refractivity contribution in [3.05, 3.63) is 94.0 Å². The summed E-state index contributed by atoms with van der Waals surface area (Å²) in [4.78, 5) is 12.5. The minimum atomic E-state index is -3.64. The normalized spacial score (nSPS) is 11.2. The van der Waals surface area contributed by atoms with Gasteiger partial charge in [0.1, 0.15) is 0 Å². The van der Waals surface area contributed by atoms with E-state index in [1.807, 2.05) is 30.3 Å². The van der Waals surface area contributed by atoms with Crippen LogP contribution in [0.3, 0.4) is 0 Å². The molecule has 29 heavy (non-hydrogen) atoms. The van der Waals surface area contributed by atoms with Crippen LogP contribution in [-0.2, 0) is 16.4 Å². The first-order chi connectivity index (χ1) is 13.8. The highest BCUT2D eigenvalue weighted by molar-refractivity contribution is 7.89. The summed E-state index contributed by atoms with van der Waals surface area (Å²) in [6.07, 6.45) is 0.593. The fraction of sp³-hybridized carbons (Fsp3) is 0.0952. The number of hydrogen-bond acceptors (Lipinski definition) is 3. The van der Waals surface area contributed by atoms with Gasteiger partial charge in [0.15, 0.2) is 0 Å². The second kappa shape index (κ2) is 9.41. The SMILES string of the molecule is O=C(Nc1ccc(S(=O)(=O)NCCc2ccccc2)cc1)c1ccc(Cl)cc1Cl. The van der Waals surface area contributed by atoms with Crippen molar-refractivity contribution in [1.29, 1.82) is 0 Å². The molecule has 3 rings (SSSR count). The highest BCUT2D eigenvalue weighted by atomic mass is 35.5. The number of sulfonamides is 1. The van der Waals surface area contributed by atoms with E-state index in [0.29, 0.717) is 23.7 Å². The van der Waals surface area contributed by atoms with Crippen molar-refractivity contribution in [2.45, 2.75) is 11.3 Å². The van der Waals surface area contributed by atoms with E-state index in [2.05, 4.69) is 10.0 Å². The smallest absolute Gasteiger partial charge is 0.257 e. The van der Waals surface area contributed by atoms with Gasteiger partial charge in [0.2, 0.25) is 10.0 Å². The first-order valence-electron chi connectivity index (χ1n) is 8.75. The third kappa shape index (κ3) is 5.81. The summed E-state index contributed by atoms with van der Waals surface area (Å²) in [5.41, 5.74) is 1.77. The molecular formula is C21H18Cl2N2O3S. The molecule has 3 aromatic carbocycles. The summed E-state index contributed by atoms with van der Waals surface area (Å²) >= 11 is 11.9. The number of hydrogen-bond donors (Lipinski definition) is 2. The lowest BCUT2D eigenvalue weighted by atomic mass is 10.2. The van der Waals surface area contributed by atoms with Crippen molar-refractivity contribution in [3.8, 4) is 0 Å². The predicted molar refractivity (Wildman–Crippen MR) is 116 cm³/mol. The van der Waals surface area contributed by atoms with Crippen LogP contribution >= 0.6 is 23.2 Å². The van der Waals surface area contributed by atoms with Gasteiger partial charge in [-0.1, -0.05) is 53.5 Å². The average Bonchev–Trinajstić information content (AvgIpc) is 2.69. The zero-order valence-corrected chi connectivity index (χ0v) is 17.6. The summed E-state index contributed by atoms with van der Waals surface area (Å²) in [5, 5.41) is 3.34. The van der Waals surface area contributed by atoms with Crippen LogP contribution in [0.2, 0.25) is 10.0 Å². The molecule has 0 fully saturated rings. The van der Waals surface area contributed by atoms with Gasteiger partial charge in [-0.2, -0.15) is 0 Å². The summed E-state index contributed by atoms with van der Waals surface area (Å²) in [6, 6.07) is 20.1. The van der Waals surface area contributed by atoms with E-state index in [1.54, 1.807) is 6.07 Å². The standard InChI is InChI=1S/C21H18Cl2N2O3S/c22-16-6-11-19(20(23)14-16)21(26)25-17-7-9-18(10-8-17)29(27,28)24-13-12-15-4-2-1-3-5-15/h1-11,14,24H,12-13H2,(H,25,26). The Morgan fingerprint density at radius 2 is 1.59 bits per heavy atom. The molecule has 8 heteroatoms. The Morgan fingerprint density at radius 1 is 0.897 bits per heavy atom. The number of anilines is 1. The van der Waals surface area contributed by atoms with Gasteiger partial charge < -0.3 is 5.32 Å². The van der Waals surface area contributed by atoms with Gasteiger partial charge >= 0.3 is 0 Å². The molecule has 5 nitrogen and oxygen atoms in total. The lowest BCUT2D eigenvalue weighted by molar-refractivity contribution is 0.102. The molecule has 0 heterocycles. The van der Waals surface area contributed by atoms with Gasteiger partial charge in [0.05, 0.1) is 15.5 Å². The van der Waals surface area contributed by atoms with Gasteiger partial charge in [-0.3, -0.25) is 4.79 Å². The molecule has 1 amide bonds. The van der Waals surface area contributed by atoms with Gasteiger partial charge in [-0.25, -0.2) is 13.1 Å². The van der Waals surface area contributed by atoms with Crippen molar-refractivity contribution in [2.24, 2.45) is 0 Å². The lowest BCUT2D eigenvalue weighted by Crippen LogP contribution is -2.26. The van der Waals surface area contributed by atoms with E-state index in [1.165, 1.54) is 36.4 Å². The molecule has 0 aliphatic heterocycles. The Hall–Kier alpha value is -2.38. The van der Waals surface area contributed by atoms with Crippen LogP contribution in [0.1, 0.15) is 15.9 Å². The number of rotatable bonds is 7. The molecule has 2 N–H and O–H groups in total. The highest BCUT2D eigenvalue weighted by Crippen LogP contribution is 2.22. The third-order valence-electron chi connectivity index (χ3n) is 4.15. The third-order valence-corrected chi connectivity index (χ3v) is 6.17. The van der Waals surface area contributed by atoms with Crippen LogP contribution in [0.5, 0.6) is 0 Å². The highest BCUT2D eigenvalue weighted by Gasteiger charge is 2.15. The zero-order chi connectivity index (χ0) is 20.9. The Balaban J connectivity index is 1.62. The molecule has 0 aliphatic rings. The van der Waals surface area contributed by atoms with Crippen molar-refractivity contribution in [2.75, 3.05) is 11.9 Å². The molecule has 0 radical (unpaired) electrons. The Bertz CT molecular complexity index is 1100. The fourth-order valence-electron chi connectivity index (χ4n) is 2.65. The number of nitrogens with one attached hydrogen (secondary N) is 2. The van der Waals surface area contributed by atoms with Crippen LogP contribution in [0, 0.1) is 0 Å². The Morgan fingerprint density at radius 3 is 2.24 bits per heavy atom. The van der Waals surface area contributed by atoms with Crippen molar-refractivity contribution >= 4 is 44.8 Å². The van der Waals surface area contributed by atoms with Crippen LogP contribution in [0.4, 0.5) is 5.69 Å². The van der Waals surface area contributed by atoms with Crippen LogP contribution in [-0.4, -0.2) is 20.9 Å². The molecule has 0 atom stereocenters. The van der Waals surface area contributed by atoms with Crippen LogP contribution in [0.25, 0.3) is 0 Å². The maximum atomic E-state index is 12.4. The minimum Gasteiger partial charge on any atom is -0.322 e. The van der Waals surface area contributed by atoms with Crippen LogP contribution in [0.15, 0.2) is 77.7 Å². The average molecular weight is 449 g/mol. The maximum Gasteiger partial charge on any atom is 0.257 e. The van der Waals surface area contributed by atoms with Crippen molar-refractivity contribution in [1.82, 2.24) is 4.72 Å². The Kier molecular flexibility index (Phi) is 6.92. The quantitative estimate of drug-likeness (QED) is 0.546. The first-order valence-corrected chi connectivity index (χ1v) is 11.0. The summed E-state index contributed by atoms with van der Waals surface area (Å²) in [6.45, 7) is 0.292. The zero-order valence-electron chi connectivity index (χ0n) is 15.2. The second-order valence-electron chi connectivity index (χ2n) is 6.24. The van der Waals surface area contributed by atoms with E-state index < -0.39 is 15.9 Å². The van der Waals surface area contributed by atoms with Crippen molar-refractivity contribution < 1.29 is 13.2 Å². The second-order valence-corrected chi connectivity index (χ2v) is 8.85. The maximum absolute atomic E-state index is 12.4. The monoisotopic (exact) mass is 448 g/mol. The molecule has 150 valence electrons. The number of carbonyl (C=O) groups excluding carboxylic acids is 1. The molecule has 0 saturated carbocycles. The topological polar surface area (TPSA) is 75.3 Å². The molecule has 0 aromatic heterocycles. The molecule has 0 aliphatic carbocycles. The van der Waals surface area contributed by atoms with E-state index >= 15 is 0 Å². The lowest BCUT2D eigenvalue weighted by Gasteiger charge is -2.09. The van der Waals surface area contributed by atoms with E-state index in [-0.39, 0.29) is 15.5 Å². The number of carbonyl (C=O) groups is 1. The summed E-state index contributed by atoms with van der Waals surface area (Å²) in [5.74, 6) is -0.414. The molecular weight excluding hydrogens is 431 g/mol. The summed E-state index contributed by atoms with van der Waals surface area (Å²) in [7, 11) is -3.64. The number of benzene rings is 3. The largest absolute Gasteiger partial charge is 0.322 e. The molecule has 0 unspecified atom stereocenters. The molecule has 0 spiro atoms. The van der Waals surface area contributed by atoms with Gasteiger partial charge in [0.25, 0.3) is 5.91 Å². The predicted octanol–water partition coefficient (Wildman–Crippen LogP) is 4.77. The number of halogens is 2. The number of amides is 1. The molecule has 0 saturated heterocycles. The van der Waals surface area contributed by atoms with Gasteiger partial charge in [0, 0.05) is 17.3 Å². The van der Waals surface area contributed by atoms with E-state index in [4.69, 9.17) is 23.2 Å². The molecule has 3 aromatic rings. The Labute approximate surface area is 179 Å². The van der Waals surface area contributed by atoms with E-state index in [9.17, 15) is 13.2 Å². The van der Waals surface area contributed by atoms with Crippen LogP contribution < -0.4 is 10.0 Å². The van der Waals surface area contributed by atoms with Gasteiger partial charge in [-0.15, -0.1) is 0 Å². The minimum absolute atomic E-state index is 0.119. The summed E-state index contributed by atoms with van der Waals surface area (Å²) < 4.78 is 27.4. The molecule has 0 bridgehead atoms. The van der Waals surface area contributed by atoms with E-state index in [0.717, 1.165) is 5.56 Å². The van der Waals surface area contributed by atoms with Gasteiger partial charge in [-0.05, 0) is 54.4 Å². The van der Waals surface area contributed by atoms with Crippen molar-refractivity contribution in [3.63, 3.8) is 0 Å².